The molecule has 3 rings (SSSR count). The molecule has 0 bridgehead atoms. The van der Waals surface area contributed by atoms with E-state index in [1.54, 1.807) is 4.90 Å². The Hall–Kier alpha value is -5.02. The monoisotopic (exact) mass is 720 g/mol. The average molecular weight is 721 g/mol. The minimum atomic E-state index is -1.08. The molecule has 284 valence electrons. The van der Waals surface area contributed by atoms with E-state index >= 15 is 0 Å². The normalized spacial score (nSPS) is 15.4. The summed E-state index contributed by atoms with van der Waals surface area (Å²) in [5.41, 5.74) is 19.2. The van der Waals surface area contributed by atoms with E-state index in [1.165, 1.54) is 4.90 Å². The predicted molar refractivity (Wildman–Crippen MR) is 200 cm³/mol. The summed E-state index contributed by atoms with van der Waals surface area (Å²) in [4.78, 5) is 70.7. The van der Waals surface area contributed by atoms with Crippen molar-refractivity contribution in [3.05, 3.63) is 71.8 Å². The van der Waals surface area contributed by atoms with Gasteiger partial charge in [0, 0.05) is 32.6 Å². The van der Waals surface area contributed by atoms with Gasteiger partial charge in [-0.05, 0) is 62.1 Å². The van der Waals surface area contributed by atoms with E-state index in [1.807, 2.05) is 74.5 Å². The molecule has 1 heterocycles. The van der Waals surface area contributed by atoms with Gasteiger partial charge >= 0.3 is 6.03 Å². The van der Waals surface area contributed by atoms with Crippen molar-refractivity contribution in [1.29, 1.82) is 5.41 Å². The molecule has 0 radical (unpaired) electrons. The summed E-state index contributed by atoms with van der Waals surface area (Å²) >= 11 is 0. The molecule has 1 saturated heterocycles. The zero-order valence-electron chi connectivity index (χ0n) is 30.3. The lowest BCUT2D eigenvalue weighted by atomic mass is 9.99. The molecule has 0 unspecified atom stereocenters. The van der Waals surface area contributed by atoms with E-state index in [0.717, 1.165) is 11.1 Å². The molecule has 11 N–H and O–H groups in total. The standard InChI is InChI=1S/C37H56N10O5/c1-25(2)22-30(34(50)42-29(16-9-10-17-38)33(49)45-37(52)47-19-11-18-46(20-21-47)36(40)41)44-35(51)31(24-27-14-7-4-8-15-27)43-32(48)28(39)23-26-12-5-3-6-13-26/h3-8,12-15,25,28-31H,9-11,16-24,38-39H2,1-2H3,(H3,40,41)(H,42,50)(H,43,48)(H,44,51)(H,45,49,52)/t28-,29-,30-,31-/m1/s1. The van der Waals surface area contributed by atoms with E-state index in [2.05, 4.69) is 21.3 Å². The van der Waals surface area contributed by atoms with Crippen molar-refractivity contribution in [3.63, 3.8) is 0 Å². The van der Waals surface area contributed by atoms with Gasteiger partial charge in [0.1, 0.15) is 18.1 Å². The molecular formula is C37H56N10O5. The Kier molecular flexibility index (Phi) is 17.0. The smallest absolute Gasteiger partial charge is 0.324 e. The molecule has 2 aromatic rings. The van der Waals surface area contributed by atoms with Gasteiger partial charge in [0.05, 0.1) is 6.04 Å². The summed E-state index contributed by atoms with van der Waals surface area (Å²) < 4.78 is 0. The van der Waals surface area contributed by atoms with Gasteiger partial charge in [0.2, 0.25) is 17.7 Å². The Bertz CT molecular complexity index is 1480. The van der Waals surface area contributed by atoms with Crippen LogP contribution in [0, 0.1) is 11.3 Å². The Labute approximate surface area is 306 Å². The van der Waals surface area contributed by atoms with Gasteiger partial charge in [0.15, 0.2) is 5.96 Å². The van der Waals surface area contributed by atoms with E-state index in [4.69, 9.17) is 22.6 Å². The number of benzene rings is 2. The zero-order chi connectivity index (χ0) is 38.0. The van der Waals surface area contributed by atoms with Crippen LogP contribution in [-0.2, 0) is 32.0 Å². The molecule has 2 aromatic carbocycles. The number of hydrogen-bond donors (Lipinski definition) is 8. The van der Waals surface area contributed by atoms with Crippen molar-refractivity contribution >= 4 is 35.6 Å². The van der Waals surface area contributed by atoms with E-state index in [9.17, 15) is 24.0 Å². The molecule has 0 spiro atoms. The van der Waals surface area contributed by atoms with Gasteiger partial charge in [-0.15, -0.1) is 0 Å². The number of unbranched alkanes of at least 4 members (excludes halogenated alkanes) is 1. The highest BCUT2D eigenvalue weighted by atomic mass is 16.2. The van der Waals surface area contributed by atoms with Crippen LogP contribution in [0.15, 0.2) is 60.7 Å². The Morgan fingerprint density at radius 2 is 1.25 bits per heavy atom. The van der Waals surface area contributed by atoms with Crippen LogP contribution < -0.4 is 38.5 Å². The van der Waals surface area contributed by atoms with Crippen molar-refractivity contribution < 1.29 is 24.0 Å². The molecule has 0 aromatic heterocycles. The molecular weight excluding hydrogens is 664 g/mol. The van der Waals surface area contributed by atoms with E-state index in [-0.39, 0.29) is 44.1 Å². The molecule has 1 fully saturated rings. The third-order valence-electron chi connectivity index (χ3n) is 8.82. The number of rotatable bonds is 17. The third kappa shape index (κ3) is 13.9. The minimum absolute atomic E-state index is 0.0267. The van der Waals surface area contributed by atoms with Crippen molar-refractivity contribution in [2.45, 2.75) is 83.0 Å². The molecule has 1 aliphatic heterocycles. The first-order chi connectivity index (χ1) is 24.9. The van der Waals surface area contributed by atoms with E-state index in [0.29, 0.717) is 45.4 Å². The minimum Gasteiger partial charge on any atom is -0.370 e. The fourth-order valence-corrected chi connectivity index (χ4v) is 5.94. The number of hydrogen-bond acceptors (Lipinski definition) is 8. The molecule has 15 heteroatoms. The van der Waals surface area contributed by atoms with E-state index < -0.39 is 53.8 Å². The van der Waals surface area contributed by atoms with Crippen molar-refractivity contribution in [2.24, 2.45) is 23.1 Å². The third-order valence-corrected chi connectivity index (χ3v) is 8.82. The second-order valence-electron chi connectivity index (χ2n) is 13.6. The Morgan fingerprint density at radius 1 is 0.712 bits per heavy atom. The van der Waals surface area contributed by atoms with Crippen LogP contribution in [0.3, 0.4) is 0 Å². The maximum atomic E-state index is 13.9. The summed E-state index contributed by atoms with van der Waals surface area (Å²) in [7, 11) is 0. The molecule has 52 heavy (non-hydrogen) atoms. The fraction of sp³-hybridized carbons (Fsp3) is 0.514. The number of amides is 6. The maximum Gasteiger partial charge on any atom is 0.324 e. The van der Waals surface area contributed by atoms with Crippen LogP contribution in [0.4, 0.5) is 4.79 Å². The summed E-state index contributed by atoms with van der Waals surface area (Å²) in [6.45, 7) is 5.69. The largest absolute Gasteiger partial charge is 0.370 e. The number of carbonyl (C=O) groups is 5. The first-order valence-corrected chi connectivity index (χ1v) is 18.0. The lowest BCUT2D eigenvalue weighted by Crippen LogP contribution is -2.59. The number of nitrogens with two attached hydrogens (primary N) is 3. The van der Waals surface area contributed by atoms with Gasteiger partial charge in [0.25, 0.3) is 5.91 Å². The number of nitrogens with one attached hydrogen (secondary N) is 5. The second-order valence-corrected chi connectivity index (χ2v) is 13.6. The first kappa shape index (κ1) is 41.4. The molecule has 6 amide bonds. The molecule has 15 nitrogen and oxygen atoms in total. The zero-order valence-corrected chi connectivity index (χ0v) is 30.3. The van der Waals surface area contributed by atoms with Gasteiger partial charge in [-0.25, -0.2) is 4.79 Å². The molecule has 0 aliphatic carbocycles. The topological polar surface area (TPSA) is 242 Å². The number of carbonyl (C=O) groups excluding carboxylic acids is 5. The summed E-state index contributed by atoms with van der Waals surface area (Å²) in [6, 6.07) is 13.8. The van der Waals surface area contributed by atoms with Crippen LogP contribution in [0.2, 0.25) is 0 Å². The van der Waals surface area contributed by atoms with Gasteiger partial charge in [-0.3, -0.25) is 29.9 Å². The number of nitrogens with zero attached hydrogens (tertiary/aromatic N) is 2. The van der Waals surface area contributed by atoms with Crippen LogP contribution >= 0.6 is 0 Å². The van der Waals surface area contributed by atoms with Crippen molar-refractivity contribution in [3.8, 4) is 0 Å². The quantitative estimate of drug-likeness (QED) is 0.0646. The van der Waals surface area contributed by atoms with Crippen LogP contribution in [-0.4, -0.2) is 102 Å². The summed E-state index contributed by atoms with van der Waals surface area (Å²) in [6.07, 6.45) is 2.56. The number of guanidine groups is 1. The van der Waals surface area contributed by atoms with Crippen LogP contribution in [0.1, 0.15) is 57.1 Å². The second kappa shape index (κ2) is 21.4. The highest BCUT2D eigenvalue weighted by Gasteiger charge is 2.32. The SMILES string of the molecule is CC(C)C[C@@H](NC(=O)[C@@H](Cc1ccccc1)NC(=O)[C@H](N)Cc1ccccc1)C(=O)N[C@H](CCCCN)C(=O)NC(=O)N1CCCN(C(=N)N)CC1. The van der Waals surface area contributed by atoms with Gasteiger partial charge in [-0.2, -0.15) is 0 Å². The van der Waals surface area contributed by atoms with Crippen molar-refractivity contribution in [2.75, 3.05) is 32.7 Å². The fourth-order valence-electron chi connectivity index (χ4n) is 5.94. The Morgan fingerprint density at radius 3 is 1.85 bits per heavy atom. The number of imide groups is 1. The van der Waals surface area contributed by atoms with Crippen LogP contribution in [0.5, 0.6) is 0 Å². The Balaban J connectivity index is 1.74. The van der Waals surface area contributed by atoms with Crippen LogP contribution in [0.25, 0.3) is 0 Å². The maximum absolute atomic E-state index is 13.9. The molecule has 4 atom stereocenters. The van der Waals surface area contributed by atoms with Gasteiger partial charge < -0.3 is 43.0 Å². The van der Waals surface area contributed by atoms with Crippen molar-refractivity contribution in [1.82, 2.24) is 31.1 Å². The molecule has 0 saturated carbocycles. The predicted octanol–water partition coefficient (Wildman–Crippen LogP) is 0.566. The lowest BCUT2D eigenvalue weighted by Gasteiger charge is -2.27. The molecule has 1 aliphatic rings. The summed E-state index contributed by atoms with van der Waals surface area (Å²) in [5.74, 6) is -2.47. The first-order valence-electron chi connectivity index (χ1n) is 18.0. The lowest BCUT2D eigenvalue weighted by molar-refractivity contribution is -0.134. The average Bonchev–Trinajstić information content (AvgIpc) is 3.38. The van der Waals surface area contributed by atoms with Gasteiger partial charge in [-0.1, -0.05) is 74.5 Å². The highest BCUT2D eigenvalue weighted by Crippen LogP contribution is 2.11. The summed E-state index contributed by atoms with van der Waals surface area (Å²) in [5, 5.41) is 18.5. The number of urea groups is 1. The highest BCUT2D eigenvalue weighted by molar-refractivity contribution is 6.00.